The van der Waals surface area contributed by atoms with E-state index in [-0.39, 0.29) is 0 Å². The summed E-state index contributed by atoms with van der Waals surface area (Å²) in [6, 6.07) is 0. The molecule has 4 heteroatoms. The Morgan fingerprint density at radius 2 is 2.33 bits per heavy atom. The van der Waals surface area contributed by atoms with Crippen molar-refractivity contribution in [2.45, 2.75) is 18.4 Å². The van der Waals surface area contributed by atoms with Crippen molar-refractivity contribution in [3.8, 4) is 0 Å². The van der Waals surface area contributed by atoms with Crippen LogP contribution in [0.3, 0.4) is 0 Å². The maximum Gasteiger partial charge on any atom is 0.0537 e. The number of aryl methyl sites for hydroxylation is 1. The van der Waals surface area contributed by atoms with Crippen LogP contribution in [0.25, 0.3) is 0 Å². The Balaban J connectivity index is 2.08. The van der Waals surface area contributed by atoms with E-state index in [4.69, 9.17) is 0 Å². The van der Waals surface area contributed by atoms with Crippen molar-refractivity contribution < 1.29 is 0 Å². The highest BCUT2D eigenvalue weighted by molar-refractivity contribution is 5.32. The van der Waals surface area contributed by atoms with Gasteiger partial charge < -0.3 is 10.2 Å². The van der Waals surface area contributed by atoms with E-state index in [1.54, 1.807) is 0 Å². The van der Waals surface area contributed by atoms with Gasteiger partial charge in [0, 0.05) is 37.7 Å². The molecule has 2 aliphatic heterocycles. The number of fused-ring (bicyclic) bond motifs is 2. The Bertz CT molecular complexity index is 384. The topological polar surface area (TPSA) is 33.1 Å². The lowest BCUT2D eigenvalue weighted by Crippen LogP contribution is -2.45. The van der Waals surface area contributed by atoms with E-state index in [2.05, 4.69) is 34.1 Å². The van der Waals surface area contributed by atoms with Crippen molar-refractivity contribution in [3.63, 3.8) is 0 Å². The van der Waals surface area contributed by atoms with Gasteiger partial charge >= 0.3 is 0 Å². The molecule has 4 nitrogen and oxygen atoms in total. The van der Waals surface area contributed by atoms with E-state index in [0.29, 0.717) is 5.41 Å². The van der Waals surface area contributed by atoms with Gasteiger partial charge in [-0.2, -0.15) is 5.10 Å². The molecule has 2 aliphatic rings. The summed E-state index contributed by atoms with van der Waals surface area (Å²) in [5.41, 5.74) is 3.16. The third kappa shape index (κ3) is 1.25. The van der Waals surface area contributed by atoms with E-state index >= 15 is 0 Å². The van der Waals surface area contributed by atoms with Crippen molar-refractivity contribution in [1.29, 1.82) is 0 Å². The maximum atomic E-state index is 4.40. The average molecular weight is 206 g/mol. The molecule has 3 rings (SSSR count). The Labute approximate surface area is 90.3 Å². The van der Waals surface area contributed by atoms with Gasteiger partial charge in [0.15, 0.2) is 0 Å². The lowest BCUT2D eigenvalue weighted by molar-refractivity contribution is 0.326. The van der Waals surface area contributed by atoms with Crippen molar-refractivity contribution >= 4 is 0 Å². The molecular formula is C11H18N4. The van der Waals surface area contributed by atoms with Gasteiger partial charge in [0.25, 0.3) is 0 Å². The highest BCUT2D eigenvalue weighted by Gasteiger charge is 2.43. The molecule has 1 spiro atoms. The van der Waals surface area contributed by atoms with Crippen LogP contribution in [0.2, 0.25) is 0 Å². The summed E-state index contributed by atoms with van der Waals surface area (Å²) < 4.78 is 2.08. The zero-order valence-corrected chi connectivity index (χ0v) is 9.45. The zero-order chi connectivity index (χ0) is 10.5. The Hall–Kier alpha value is -0.870. The van der Waals surface area contributed by atoms with Gasteiger partial charge in [0.05, 0.1) is 11.9 Å². The van der Waals surface area contributed by atoms with Gasteiger partial charge in [-0.15, -0.1) is 0 Å². The smallest absolute Gasteiger partial charge is 0.0537 e. The van der Waals surface area contributed by atoms with Crippen molar-refractivity contribution in [3.05, 3.63) is 17.5 Å². The van der Waals surface area contributed by atoms with Gasteiger partial charge in [0.2, 0.25) is 0 Å². The zero-order valence-electron chi connectivity index (χ0n) is 9.45. The second-order valence-corrected chi connectivity index (χ2v) is 5.01. The van der Waals surface area contributed by atoms with Crippen LogP contribution in [0.5, 0.6) is 0 Å². The fraction of sp³-hybridized carbons (Fsp3) is 0.727. The largest absolute Gasteiger partial charge is 0.312 e. The van der Waals surface area contributed by atoms with Crippen LogP contribution >= 0.6 is 0 Å². The second kappa shape index (κ2) is 3.06. The molecule has 1 aromatic heterocycles. The third-order valence-electron chi connectivity index (χ3n) is 3.84. The minimum atomic E-state index is 0.313. The summed E-state index contributed by atoms with van der Waals surface area (Å²) in [5, 5.41) is 7.93. The van der Waals surface area contributed by atoms with E-state index in [9.17, 15) is 0 Å². The van der Waals surface area contributed by atoms with Crippen LogP contribution in [0.4, 0.5) is 0 Å². The summed E-state index contributed by atoms with van der Waals surface area (Å²) in [6.07, 6.45) is 3.27. The molecule has 82 valence electrons. The average Bonchev–Trinajstić information content (AvgIpc) is 2.74. The SMILES string of the molecule is CN1CCC2(CNCc3cnn(C)c32)C1. The molecule has 0 bridgehead atoms. The molecule has 0 saturated carbocycles. The van der Waals surface area contributed by atoms with Crippen molar-refractivity contribution in [2.75, 3.05) is 26.7 Å². The molecule has 0 aromatic carbocycles. The minimum Gasteiger partial charge on any atom is -0.312 e. The summed E-state index contributed by atoms with van der Waals surface area (Å²) in [7, 11) is 4.28. The summed E-state index contributed by atoms with van der Waals surface area (Å²) in [5.74, 6) is 0. The second-order valence-electron chi connectivity index (χ2n) is 5.01. The number of hydrogen-bond acceptors (Lipinski definition) is 3. The summed E-state index contributed by atoms with van der Waals surface area (Å²) in [6.45, 7) is 4.44. The Morgan fingerprint density at radius 1 is 1.47 bits per heavy atom. The van der Waals surface area contributed by atoms with E-state index < -0.39 is 0 Å². The Kier molecular flexibility index (Phi) is 1.91. The number of likely N-dealkylation sites (tertiary alicyclic amines) is 1. The number of aromatic nitrogens is 2. The fourth-order valence-electron chi connectivity index (χ4n) is 3.23. The molecule has 3 heterocycles. The van der Waals surface area contributed by atoms with Crippen molar-refractivity contribution in [1.82, 2.24) is 20.0 Å². The highest BCUT2D eigenvalue weighted by atomic mass is 15.3. The van der Waals surface area contributed by atoms with Gasteiger partial charge in [-0.1, -0.05) is 0 Å². The number of likely N-dealkylation sites (N-methyl/N-ethyl adjacent to an activating group) is 1. The molecule has 1 N–H and O–H groups in total. The number of nitrogens with one attached hydrogen (secondary N) is 1. The van der Waals surface area contributed by atoms with E-state index in [0.717, 1.165) is 19.6 Å². The third-order valence-corrected chi connectivity index (χ3v) is 3.84. The summed E-state index contributed by atoms with van der Waals surface area (Å²) >= 11 is 0. The first-order valence-electron chi connectivity index (χ1n) is 5.62. The normalized spacial score (nSPS) is 31.1. The predicted octanol–water partition coefficient (Wildman–Crippen LogP) is 0.0966. The van der Waals surface area contributed by atoms with Crippen LogP contribution < -0.4 is 5.32 Å². The number of hydrogen-bond donors (Lipinski definition) is 1. The minimum absolute atomic E-state index is 0.313. The lowest BCUT2D eigenvalue weighted by atomic mass is 9.79. The predicted molar refractivity (Wildman–Crippen MR) is 58.7 cm³/mol. The molecule has 1 fully saturated rings. The van der Waals surface area contributed by atoms with Gasteiger partial charge in [0.1, 0.15) is 0 Å². The fourth-order valence-corrected chi connectivity index (χ4v) is 3.23. The quantitative estimate of drug-likeness (QED) is 0.653. The molecule has 1 aromatic rings. The number of nitrogens with zero attached hydrogens (tertiary/aromatic N) is 3. The first-order valence-corrected chi connectivity index (χ1v) is 5.62. The molecule has 15 heavy (non-hydrogen) atoms. The van der Waals surface area contributed by atoms with Crippen LogP contribution in [0.15, 0.2) is 6.20 Å². The lowest BCUT2D eigenvalue weighted by Gasteiger charge is -2.34. The van der Waals surface area contributed by atoms with Crippen LogP contribution in [0.1, 0.15) is 17.7 Å². The number of rotatable bonds is 0. The monoisotopic (exact) mass is 206 g/mol. The van der Waals surface area contributed by atoms with Crippen molar-refractivity contribution in [2.24, 2.45) is 7.05 Å². The first kappa shape index (κ1) is 9.36. The van der Waals surface area contributed by atoms with Crippen LogP contribution in [-0.4, -0.2) is 41.4 Å². The summed E-state index contributed by atoms with van der Waals surface area (Å²) in [4.78, 5) is 2.42. The Morgan fingerprint density at radius 3 is 3.07 bits per heavy atom. The van der Waals surface area contributed by atoms with Gasteiger partial charge in [-0.05, 0) is 20.0 Å². The van der Waals surface area contributed by atoms with E-state index in [1.807, 2.05) is 6.20 Å². The van der Waals surface area contributed by atoms with Crippen LogP contribution in [-0.2, 0) is 19.0 Å². The molecule has 0 aliphatic carbocycles. The first-order chi connectivity index (χ1) is 7.21. The maximum absolute atomic E-state index is 4.40. The van der Waals surface area contributed by atoms with Gasteiger partial charge in [-0.25, -0.2) is 0 Å². The van der Waals surface area contributed by atoms with Crippen LogP contribution in [0, 0.1) is 0 Å². The molecule has 1 unspecified atom stereocenters. The molecule has 0 amide bonds. The molecule has 0 radical (unpaired) electrons. The molecule has 1 saturated heterocycles. The van der Waals surface area contributed by atoms with Gasteiger partial charge in [-0.3, -0.25) is 4.68 Å². The standard InChI is InChI=1S/C11H18N4/c1-14-4-3-11(8-14)7-12-5-9-6-13-15(2)10(9)11/h6,12H,3-5,7-8H2,1-2H3. The highest BCUT2D eigenvalue weighted by Crippen LogP contribution is 2.37. The molecule has 1 atom stereocenters. The molecular weight excluding hydrogens is 188 g/mol. The van der Waals surface area contributed by atoms with E-state index in [1.165, 1.54) is 24.2 Å².